The van der Waals surface area contributed by atoms with Crippen LogP contribution in [0.3, 0.4) is 0 Å². The molecule has 24 heavy (non-hydrogen) atoms. The third kappa shape index (κ3) is 3.09. The molecule has 3 aliphatic heterocycles. The number of carbonyl (C=O) groups excluding carboxylic acids is 1. The maximum Gasteiger partial charge on any atom is 0.222 e. The van der Waals surface area contributed by atoms with Crippen molar-refractivity contribution in [2.75, 3.05) is 39.8 Å². The Kier molecular flexibility index (Phi) is 4.12. The van der Waals surface area contributed by atoms with Gasteiger partial charge in [-0.05, 0) is 49.9 Å². The van der Waals surface area contributed by atoms with Gasteiger partial charge < -0.3 is 14.4 Å². The standard InChI is InChI=1S/C19H26N2O3/c1-20-14-19(7-6-18(20)22)8-10-21(11-9-19)12-15-13-23-16-4-2-3-5-17(16)24-15/h2-5,15H,6-14H2,1H3/t15-/m1/s1. The maximum atomic E-state index is 11.7. The summed E-state index contributed by atoms with van der Waals surface area (Å²) >= 11 is 0. The number of likely N-dealkylation sites (tertiary alicyclic amines) is 2. The van der Waals surface area contributed by atoms with Gasteiger partial charge in [-0.2, -0.15) is 0 Å². The van der Waals surface area contributed by atoms with Crippen LogP contribution in [0.5, 0.6) is 11.5 Å². The first-order valence-electron chi connectivity index (χ1n) is 8.98. The van der Waals surface area contributed by atoms with Crippen LogP contribution in [0.25, 0.3) is 0 Å². The van der Waals surface area contributed by atoms with Crippen molar-refractivity contribution in [2.45, 2.75) is 31.8 Å². The molecule has 1 atom stereocenters. The lowest BCUT2D eigenvalue weighted by Crippen LogP contribution is -2.52. The van der Waals surface area contributed by atoms with E-state index >= 15 is 0 Å². The second kappa shape index (κ2) is 6.28. The number of hydrogen-bond donors (Lipinski definition) is 0. The molecular formula is C19H26N2O3. The predicted molar refractivity (Wildman–Crippen MR) is 91.3 cm³/mol. The number of amides is 1. The van der Waals surface area contributed by atoms with Gasteiger partial charge >= 0.3 is 0 Å². The summed E-state index contributed by atoms with van der Waals surface area (Å²) in [5.74, 6) is 2.00. The van der Waals surface area contributed by atoms with Crippen LogP contribution in [0, 0.1) is 5.41 Å². The van der Waals surface area contributed by atoms with Crippen molar-refractivity contribution in [3.8, 4) is 11.5 Å². The minimum atomic E-state index is 0.101. The average Bonchev–Trinajstić information content (AvgIpc) is 2.61. The fourth-order valence-electron chi connectivity index (χ4n) is 4.29. The fourth-order valence-corrected chi connectivity index (χ4v) is 4.29. The highest BCUT2D eigenvalue weighted by molar-refractivity contribution is 5.76. The highest BCUT2D eigenvalue weighted by Gasteiger charge is 2.40. The Balaban J connectivity index is 1.30. The molecule has 2 fully saturated rings. The van der Waals surface area contributed by atoms with Gasteiger partial charge in [-0.15, -0.1) is 0 Å². The average molecular weight is 330 g/mol. The van der Waals surface area contributed by atoms with E-state index < -0.39 is 0 Å². The summed E-state index contributed by atoms with van der Waals surface area (Å²) < 4.78 is 11.9. The number of fused-ring (bicyclic) bond motifs is 1. The van der Waals surface area contributed by atoms with Gasteiger partial charge in [0.05, 0.1) is 0 Å². The van der Waals surface area contributed by atoms with E-state index in [0.29, 0.717) is 24.3 Å². The first-order chi connectivity index (χ1) is 11.6. The summed E-state index contributed by atoms with van der Waals surface area (Å²) in [5, 5.41) is 0. The summed E-state index contributed by atoms with van der Waals surface area (Å²) in [6, 6.07) is 7.88. The molecule has 1 amide bonds. The van der Waals surface area contributed by atoms with Gasteiger partial charge in [-0.3, -0.25) is 9.69 Å². The molecule has 0 unspecified atom stereocenters. The molecule has 4 rings (SSSR count). The summed E-state index contributed by atoms with van der Waals surface area (Å²) in [6.07, 6.45) is 4.22. The second-order valence-electron chi connectivity index (χ2n) is 7.55. The number of rotatable bonds is 2. The van der Waals surface area contributed by atoms with Crippen molar-refractivity contribution in [3.05, 3.63) is 24.3 Å². The van der Waals surface area contributed by atoms with Crippen LogP contribution in [0.4, 0.5) is 0 Å². The molecule has 0 radical (unpaired) electrons. The predicted octanol–water partition coefficient (Wildman–Crippen LogP) is 2.16. The lowest BCUT2D eigenvalue weighted by Gasteiger charge is -2.47. The zero-order chi connectivity index (χ0) is 16.6. The van der Waals surface area contributed by atoms with Crippen LogP contribution in [0.15, 0.2) is 24.3 Å². The van der Waals surface area contributed by atoms with Crippen molar-refractivity contribution >= 4 is 5.91 Å². The number of nitrogens with zero attached hydrogens (tertiary/aromatic N) is 2. The second-order valence-corrected chi connectivity index (χ2v) is 7.55. The molecule has 5 heteroatoms. The molecule has 0 bridgehead atoms. The maximum absolute atomic E-state index is 11.7. The van der Waals surface area contributed by atoms with Crippen LogP contribution in [0.2, 0.25) is 0 Å². The molecule has 5 nitrogen and oxygen atoms in total. The number of ether oxygens (including phenoxy) is 2. The van der Waals surface area contributed by atoms with Gasteiger partial charge in [0.25, 0.3) is 0 Å². The minimum absolute atomic E-state index is 0.101. The molecular weight excluding hydrogens is 304 g/mol. The van der Waals surface area contributed by atoms with E-state index in [1.165, 1.54) is 12.8 Å². The zero-order valence-electron chi connectivity index (χ0n) is 14.4. The third-order valence-electron chi connectivity index (χ3n) is 5.81. The Bertz CT molecular complexity index is 610. The molecule has 1 spiro atoms. The number of hydrogen-bond acceptors (Lipinski definition) is 4. The van der Waals surface area contributed by atoms with Crippen molar-refractivity contribution in [3.63, 3.8) is 0 Å². The van der Waals surface area contributed by atoms with E-state index in [0.717, 1.165) is 44.1 Å². The number of piperidine rings is 2. The molecule has 0 N–H and O–H groups in total. The SMILES string of the molecule is CN1CC2(CCC1=O)CCN(C[C@@H]1COc3ccccc3O1)CC2. The van der Waals surface area contributed by atoms with E-state index in [1.807, 2.05) is 36.2 Å². The molecule has 0 saturated carbocycles. The Morgan fingerprint density at radius 3 is 2.67 bits per heavy atom. The quantitative estimate of drug-likeness (QED) is 0.833. The molecule has 1 aromatic rings. The zero-order valence-corrected chi connectivity index (χ0v) is 14.4. The largest absolute Gasteiger partial charge is 0.486 e. The normalized spacial score (nSPS) is 26.6. The molecule has 3 heterocycles. The lowest BCUT2D eigenvalue weighted by molar-refractivity contribution is -0.137. The molecule has 3 aliphatic rings. The Hall–Kier alpha value is -1.75. The highest BCUT2D eigenvalue weighted by atomic mass is 16.6. The van der Waals surface area contributed by atoms with Crippen LogP contribution < -0.4 is 9.47 Å². The van der Waals surface area contributed by atoms with E-state index in [9.17, 15) is 4.79 Å². The van der Waals surface area contributed by atoms with E-state index in [-0.39, 0.29) is 6.10 Å². The van der Waals surface area contributed by atoms with Gasteiger partial charge in [0, 0.05) is 26.6 Å². The smallest absolute Gasteiger partial charge is 0.222 e. The van der Waals surface area contributed by atoms with Crippen LogP contribution >= 0.6 is 0 Å². The third-order valence-corrected chi connectivity index (χ3v) is 5.81. The molecule has 2 saturated heterocycles. The van der Waals surface area contributed by atoms with Crippen LogP contribution in [0.1, 0.15) is 25.7 Å². The molecule has 0 aromatic heterocycles. The molecule has 1 aromatic carbocycles. The fraction of sp³-hybridized carbons (Fsp3) is 0.632. The summed E-state index contributed by atoms with van der Waals surface area (Å²) in [7, 11) is 1.94. The molecule has 130 valence electrons. The van der Waals surface area contributed by atoms with Gasteiger partial charge in [-0.25, -0.2) is 0 Å². The summed E-state index contributed by atoms with van der Waals surface area (Å²) in [4.78, 5) is 16.1. The van der Waals surface area contributed by atoms with Crippen molar-refractivity contribution in [1.29, 1.82) is 0 Å². The van der Waals surface area contributed by atoms with E-state index in [4.69, 9.17) is 9.47 Å². The molecule has 0 aliphatic carbocycles. The summed E-state index contributed by atoms with van der Waals surface area (Å²) in [6.45, 7) is 4.64. The minimum Gasteiger partial charge on any atom is -0.486 e. The van der Waals surface area contributed by atoms with E-state index in [1.54, 1.807) is 0 Å². The van der Waals surface area contributed by atoms with Crippen molar-refractivity contribution < 1.29 is 14.3 Å². The highest BCUT2D eigenvalue weighted by Crippen LogP contribution is 2.40. The monoisotopic (exact) mass is 330 g/mol. The Morgan fingerprint density at radius 1 is 1.17 bits per heavy atom. The van der Waals surface area contributed by atoms with Crippen LogP contribution in [-0.4, -0.2) is 61.6 Å². The topological polar surface area (TPSA) is 42.0 Å². The number of benzene rings is 1. The van der Waals surface area contributed by atoms with Crippen molar-refractivity contribution in [2.24, 2.45) is 5.41 Å². The first kappa shape index (κ1) is 15.8. The number of para-hydroxylation sites is 2. The summed E-state index contributed by atoms with van der Waals surface area (Å²) in [5.41, 5.74) is 0.343. The van der Waals surface area contributed by atoms with Gasteiger partial charge in [0.1, 0.15) is 12.7 Å². The number of carbonyl (C=O) groups is 1. The van der Waals surface area contributed by atoms with Crippen LogP contribution in [-0.2, 0) is 4.79 Å². The Labute approximate surface area is 143 Å². The van der Waals surface area contributed by atoms with Gasteiger partial charge in [-0.1, -0.05) is 12.1 Å². The van der Waals surface area contributed by atoms with E-state index in [2.05, 4.69) is 4.90 Å². The lowest BCUT2D eigenvalue weighted by atomic mass is 9.72. The van der Waals surface area contributed by atoms with Gasteiger partial charge in [0.2, 0.25) is 5.91 Å². The Morgan fingerprint density at radius 2 is 1.92 bits per heavy atom. The van der Waals surface area contributed by atoms with Gasteiger partial charge in [0.15, 0.2) is 11.5 Å². The first-order valence-corrected chi connectivity index (χ1v) is 8.98. The van der Waals surface area contributed by atoms with Crippen molar-refractivity contribution in [1.82, 2.24) is 9.80 Å².